The maximum atomic E-state index is 12.1. The van der Waals surface area contributed by atoms with Gasteiger partial charge in [0.2, 0.25) is 10.0 Å². The predicted octanol–water partition coefficient (Wildman–Crippen LogP) is 3.27. The van der Waals surface area contributed by atoms with Gasteiger partial charge in [0.25, 0.3) is 0 Å². The second-order valence-electron chi connectivity index (χ2n) is 4.86. The number of rotatable bonds is 6. The van der Waals surface area contributed by atoms with Gasteiger partial charge in [-0.2, -0.15) is 0 Å². The Balaban J connectivity index is 2.81. The Labute approximate surface area is 119 Å². The van der Waals surface area contributed by atoms with E-state index in [0.29, 0.717) is 12.4 Å². The zero-order valence-electron chi connectivity index (χ0n) is 10.4. The molecule has 0 aliphatic rings. The fourth-order valence-electron chi connectivity index (χ4n) is 1.37. The van der Waals surface area contributed by atoms with Gasteiger partial charge in [0, 0.05) is 12.4 Å². The van der Waals surface area contributed by atoms with Crippen molar-refractivity contribution in [2.45, 2.75) is 25.2 Å². The molecule has 1 aromatic carbocycles. The zero-order chi connectivity index (χ0) is 13.8. The van der Waals surface area contributed by atoms with Crippen LogP contribution in [-0.4, -0.2) is 20.8 Å². The lowest BCUT2D eigenvalue weighted by Gasteiger charge is -2.23. The molecule has 0 saturated heterocycles. The van der Waals surface area contributed by atoms with Crippen LogP contribution in [-0.2, 0) is 10.0 Å². The van der Waals surface area contributed by atoms with Crippen LogP contribution in [0, 0.1) is 5.41 Å². The number of sulfonamides is 1. The molecule has 0 heterocycles. The molecule has 1 aromatic rings. The lowest BCUT2D eigenvalue weighted by atomic mass is 9.91. The highest BCUT2D eigenvalue weighted by atomic mass is 35.5. The van der Waals surface area contributed by atoms with Crippen LogP contribution >= 0.6 is 23.2 Å². The molecule has 0 fully saturated rings. The Morgan fingerprint density at radius 1 is 1.28 bits per heavy atom. The summed E-state index contributed by atoms with van der Waals surface area (Å²) < 4.78 is 26.7. The highest BCUT2D eigenvalue weighted by Gasteiger charge is 2.23. The molecule has 0 aliphatic carbocycles. The number of benzene rings is 1. The van der Waals surface area contributed by atoms with Gasteiger partial charge in [-0.1, -0.05) is 37.6 Å². The van der Waals surface area contributed by atoms with Crippen molar-refractivity contribution in [3.8, 4) is 0 Å². The van der Waals surface area contributed by atoms with E-state index < -0.39 is 10.0 Å². The molecular formula is C12H17Cl2NO2S. The molecule has 0 aliphatic heterocycles. The standard InChI is InChI=1S/C12H17Cl2NO2S/c1-12(2,7-8-13)9-15-18(16,17)11-6-4-3-5-10(11)14/h3-6,15H,7-9H2,1-2H3. The second kappa shape index (κ2) is 6.24. The lowest BCUT2D eigenvalue weighted by Crippen LogP contribution is -2.34. The van der Waals surface area contributed by atoms with Gasteiger partial charge in [-0.15, -0.1) is 11.6 Å². The fourth-order valence-corrected chi connectivity index (χ4v) is 3.65. The first-order chi connectivity index (χ1) is 8.28. The number of hydrogen-bond donors (Lipinski definition) is 1. The predicted molar refractivity (Wildman–Crippen MR) is 75.8 cm³/mol. The molecule has 0 amide bonds. The Morgan fingerprint density at radius 3 is 2.44 bits per heavy atom. The van der Waals surface area contributed by atoms with E-state index in [2.05, 4.69) is 4.72 Å². The number of hydrogen-bond acceptors (Lipinski definition) is 2. The summed E-state index contributed by atoms with van der Waals surface area (Å²) in [5.41, 5.74) is -0.184. The molecule has 6 heteroatoms. The minimum Gasteiger partial charge on any atom is -0.211 e. The van der Waals surface area contributed by atoms with Gasteiger partial charge in [0.15, 0.2) is 0 Å². The lowest BCUT2D eigenvalue weighted by molar-refractivity contribution is 0.352. The van der Waals surface area contributed by atoms with Crippen molar-refractivity contribution < 1.29 is 8.42 Å². The van der Waals surface area contributed by atoms with E-state index in [1.54, 1.807) is 18.2 Å². The van der Waals surface area contributed by atoms with Gasteiger partial charge in [0.05, 0.1) is 5.02 Å². The first-order valence-electron chi connectivity index (χ1n) is 5.59. The van der Waals surface area contributed by atoms with Gasteiger partial charge in [-0.25, -0.2) is 13.1 Å². The Bertz CT molecular complexity index is 501. The smallest absolute Gasteiger partial charge is 0.211 e. The van der Waals surface area contributed by atoms with Crippen LogP contribution in [0.25, 0.3) is 0 Å². The third-order valence-electron chi connectivity index (χ3n) is 2.64. The molecule has 0 bridgehead atoms. The number of alkyl halides is 1. The van der Waals surface area contributed by atoms with E-state index in [0.717, 1.165) is 6.42 Å². The van der Waals surface area contributed by atoms with Crippen molar-refractivity contribution in [3.63, 3.8) is 0 Å². The van der Waals surface area contributed by atoms with Gasteiger partial charge in [-0.05, 0) is 24.0 Å². The average molecular weight is 310 g/mol. The summed E-state index contributed by atoms with van der Waals surface area (Å²) in [4.78, 5) is 0.105. The van der Waals surface area contributed by atoms with E-state index >= 15 is 0 Å². The van der Waals surface area contributed by atoms with Crippen LogP contribution in [0.15, 0.2) is 29.2 Å². The Hall–Kier alpha value is -0.290. The number of nitrogens with one attached hydrogen (secondary N) is 1. The van der Waals surface area contributed by atoms with Crippen LogP contribution in [0.3, 0.4) is 0 Å². The molecule has 102 valence electrons. The van der Waals surface area contributed by atoms with E-state index in [4.69, 9.17) is 23.2 Å². The van der Waals surface area contributed by atoms with E-state index in [1.165, 1.54) is 6.07 Å². The third-order valence-corrected chi connectivity index (χ3v) is 4.73. The van der Waals surface area contributed by atoms with Crippen molar-refractivity contribution in [2.24, 2.45) is 5.41 Å². The van der Waals surface area contributed by atoms with Gasteiger partial charge >= 0.3 is 0 Å². The van der Waals surface area contributed by atoms with Crippen LogP contribution in [0.1, 0.15) is 20.3 Å². The molecule has 0 aromatic heterocycles. The normalized spacial score (nSPS) is 12.7. The summed E-state index contributed by atoms with van der Waals surface area (Å²) in [6.45, 7) is 4.25. The molecule has 0 unspecified atom stereocenters. The molecule has 0 atom stereocenters. The summed E-state index contributed by atoms with van der Waals surface area (Å²) in [5, 5.41) is 0.222. The zero-order valence-corrected chi connectivity index (χ0v) is 12.7. The summed E-state index contributed by atoms with van der Waals surface area (Å²) in [6, 6.07) is 6.38. The van der Waals surface area contributed by atoms with Gasteiger partial charge in [-0.3, -0.25) is 0 Å². The Kier molecular flexibility index (Phi) is 5.46. The van der Waals surface area contributed by atoms with Crippen molar-refractivity contribution in [1.29, 1.82) is 0 Å². The maximum absolute atomic E-state index is 12.1. The minimum atomic E-state index is -3.57. The highest BCUT2D eigenvalue weighted by molar-refractivity contribution is 7.89. The minimum absolute atomic E-state index is 0.105. The fraction of sp³-hybridized carbons (Fsp3) is 0.500. The van der Waals surface area contributed by atoms with Crippen LogP contribution in [0.2, 0.25) is 5.02 Å². The van der Waals surface area contributed by atoms with Crippen molar-refractivity contribution in [2.75, 3.05) is 12.4 Å². The topological polar surface area (TPSA) is 46.2 Å². The highest BCUT2D eigenvalue weighted by Crippen LogP contribution is 2.23. The second-order valence-corrected chi connectivity index (χ2v) is 7.38. The molecule has 1 N–H and O–H groups in total. The monoisotopic (exact) mass is 309 g/mol. The largest absolute Gasteiger partial charge is 0.242 e. The molecule has 3 nitrogen and oxygen atoms in total. The SMILES string of the molecule is CC(C)(CCCl)CNS(=O)(=O)c1ccccc1Cl. The molecule has 18 heavy (non-hydrogen) atoms. The quantitative estimate of drug-likeness (QED) is 0.820. The van der Waals surface area contributed by atoms with Crippen molar-refractivity contribution in [3.05, 3.63) is 29.3 Å². The molecule has 1 rings (SSSR count). The van der Waals surface area contributed by atoms with Crippen LogP contribution in [0.4, 0.5) is 0 Å². The molecular weight excluding hydrogens is 293 g/mol. The van der Waals surface area contributed by atoms with E-state index in [1.807, 2.05) is 13.8 Å². The van der Waals surface area contributed by atoms with Gasteiger partial charge < -0.3 is 0 Å². The average Bonchev–Trinajstić information content (AvgIpc) is 2.27. The summed E-state index contributed by atoms with van der Waals surface area (Å²) in [5.74, 6) is 0.501. The number of halogens is 2. The summed E-state index contributed by atoms with van der Waals surface area (Å²) >= 11 is 11.6. The van der Waals surface area contributed by atoms with Crippen molar-refractivity contribution in [1.82, 2.24) is 4.72 Å². The molecule has 0 spiro atoms. The molecule has 0 radical (unpaired) electrons. The van der Waals surface area contributed by atoms with Crippen LogP contribution in [0.5, 0.6) is 0 Å². The first kappa shape index (κ1) is 15.8. The summed E-state index contributed by atoms with van der Waals surface area (Å²) in [6.07, 6.45) is 0.736. The third kappa shape index (κ3) is 4.43. The first-order valence-corrected chi connectivity index (χ1v) is 7.98. The Morgan fingerprint density at radius 2 is 1.89 bits per heavy atom. The van der Waals surface area contributed by atoms with E-state index in [9.17, 15) is 8.42 Å². The summed E-state index contributed by atoms with van der Waals surface area (Å²) in [7, 11) is -3.57. The van der Waals surface area contributed by atoms with Gasteiger partial charge in [0.1, 0.15) is 4.90 Å². The molecule has 0 saturated carbocycles. The van der Waals surface area contributed by atoms with Crippen molar-refractivity contribution >= 4 is 33.2 Å². The van der Waals surface area contributed by atoms with Crippen LogP contribution < -0.4 is 4.72 Å². The van der Waals surface area contributed by atoms with E-state index in [-0.39, 0.29) is 15.3 Å². The maximum Gasteiger partial charge on any atom is 0.242 e.